The molecule has 0 bridgehead atoms. The van der Waals surface area contributed by atoms with Crippen molar-refractivity contribution in [1.29, 1.82) is 0 Å². The molecule has 4 heterocycles. The number of aliphatic hydroxyl groups is 4. The Morgan fingerprint density at radius 1 is 0.682 bits per heavy atom. The average Bonchev–Trinajstić information content (AvgIpc) is 4.14. The Bertz CT molecular complexity index is 2670. The minimum Gasteiger partial charge on any atom is -0.447 e. The summed E-state index contributed by atoms with van der Waals surface area (Å²) in [5.41, 5.74) is 9.02. The van der Waals surface area contributed by atoms with Gasteiger partial charge in [-0.2, -0.15) is 0 Å². The second-order valence-corrected chi connectivity index (χ2v) is 16.8. The first-order valence-electron chi connectivity index (χ1n) is 22.0. The third-order valence-corrected chi connectivity index (χ3v) is 12.2. The lowest BCUT2D eigenvalue weighted by Gasteiger charge is -2.31. The quantitative estimate of drug-likeness (QED) is 0.0821. The molecule has 2 aliphatic rings. The van der Waals surface area contributed by atoms with Crippen molar-refractivity contribution in [3.05, 3.63) is 166 Å². The minimum atomic E-state index is -2.01. The topological polar surface area (TPSA) is 232 Å². The van der Waals surface area contributed by atoms with E-state index in [-0.39, 0.29) is 44.0 Å². The van der Waals surface area contributed by atoms with Gasteiger partial charge in [0, 0.05) is 32.5 Å². The zero-order chi connectivity index (χ0) is 46.3. The lowest BCUT2D eigenvalue weighted by Crippen LogP contribution is -2.51. The number of hydrogen-bond donors (Lipinski definition) is 6. The Labute approximate surface area is 380 Å². The molecule has 6 aromatic rings. The van der Waals surface area contributed by atoms with Gasteiger partial charge in [-0.15, -0.1) is 0 Å². The van der Waals surface area contributed by atoms with E-state index in [9.17, 15) is 39.6 Å². The highest BCUT2D eigenvalue weighted by Gasteiger charge is 2.39. The molecule has 1 unspecified atom stereocenters. The summed E-state index contributed by atoms with van der Waals surface area (Å²) < 4.78 is 10.9. The number of aromatic nitrogens is 2. The largest absolute Gasteiger partial charge is 0.447 e. The van der Waals surface area contributed by atoms with Crippen molar-refractivity contribution in [3.63, 3.8) is 0 Å². The number of benzene rings is 4. The van der Waals surface area contributed by atoms with Gasteiger partial charge in [0.25, 0.3) is 23.6 Å². The molecule has 1 fully saturated rings. The van der Waals surface area contributed by atoms with Gasteiger partial charge < -0.3 is 49.7 Å². The van der Waals surface area contributed by atoms with E-state index in [1.165, 1.54) is 22.3 Å². The smallest absolute Gasteiger partial charge is 0.255 e. The van der Waals surface area contributed by atoms with Gasteiger partial charge in [-0.3, -0.25) is 19.2 Å². The summed E-state index contributed by atoms with van der Waals surface area (Å²) in [7, 11) is 0. The van der Waals surface area contributed by atoms with Crippen LogP contribution in [-0.4, -0.2) is 101 Å². The molecule has 342 valence electrons. The third kappa shape index (κ3) is 10.6. The zero-order valence-corrected chi connectivity index (χ0v) is 36.4. The average molecular weight is 897 g/mol. The van der Waals surface area contributed by atoms with Crippen LogP contribution in [0.4, 0.5) is 0 Å². The van der Waals surface area contributed by atoms with Gasteiger partial charge in [0.05, 0.1) is 30.5 Å². The van der Waals surface area contributed by atoms with Crippen molar-refractivity contribution >= 4 is 23.6 Å². The van der Waals surface area contributed by atoms with Gasteiger partial charge in [0.15, 0.2) is 24.4 Å². The number of aryl methyl sites for hydroxylation is 1. The van der Waals surface area contributed by atoms with Crippen molar-refractivity contribution in [2.24, 2.45) is 0 Å². The highest BCUT2D eigenvalue weighted by Crippen LogP contribution is 2.35. The highest BCUT2D eigenvalue weighted by atomic mass is 16.4. The molecule has 4 amide bonds. The molecule has 4 aromatic carbocycles. The Kier molecular flexibility index (Phi) is 14.1. The van der Waals surface area contributed by atoms with Crippen LogP contribution in [0.2, 0.25) is 0 Å². The van der Waals surface area contributed by atoms with E-state index in [0.29, 0.717) is 50.0 Å². The molecule has 16 nitrogen and oxygen atoms in total. The molecule has 2 aromatic heterocycles. The minimum absolute atomic E-state index is 0.138. The van der Waals surface area contributed by atoms with Gasteiger partial charge in [-0.1, -0.05) is 91.0 Å². The molecular weight excluding hydrogens is 845 g/mol. The summed E-state index contributed by atoms with van der Waals surface area (Å²) in [4.78, 5) is 64.2. The van der Waals surface area contributed by atoms with Crippen LogP contribution in [0, 0.1) is 6.92 Å². The van der Waals surface area contributed by atoms with Crippen LogP contribution in [0.25, 0.3) is 11.1 Å². The molecule has 5 atom stereocenters. The maximum absolute atomic E-state index is 13.5. The Morgan fingerprint density at radius 2 is 1.29 bits per heavy atom. The van der Waals surface area contributed by atoms with Gasteiger partial charge in [0.2, 0.25) is 11.8 Å². The Hall–Kier alpha value is -6.98. The SMILES string of the molecule is Cc1ccccc1Cc1coc(CNC(=O)[C@H](O)[C@@H](O)C(=O)N2CCCC2c2ccc(-c3ccc4c(c3)CN(C(=O)[C@H](O)[C@@H](O)C(=O)NCc3nc(Cc5ccccc5)co3)CC4)cc2)n1. The molecule has 0 spiro atoms. The summed E-state index contributed by atoms with van der Waals surface area (Å²) in [6.45, 7) is 2.52. The summed E-state index contributed by atoms with van der Waals surface area (Å²) in [6.07, 6.45) is -2.12. The van der Waals surface area contributed by atoms with E-state index in [1.54, 1.807) is 0 Å². The van der Waals surface area contributed by atoms with E-state index in [0.717, 1.165) is 44.5 Å². The first-order chi connectivity index (χ1) is 31.9. The lowest BCUT2D eigenvalue weighted by atomic mass is 9.93. The van der Waals surface area contributed by atoms with Crippen LogP contribution in [0.1, 0.15) is 75.4 Å². The van der Waals surface area contributed by atoms with Gasteiger partial charge in [0.1, 0.15) is 12.5 Å². The fourth-order valence-electron chi connectivity index (χ4n) is 8.48. The van der Waals surface area contributed by atoms with Crippen LogP contribution in [0.3, 0.4) is 0 Å². The maximum atomic E-state index is 13.5. The monoisotopic (exact) mass is 896 g/mol. The number of carbonyl (C=O) groups excluding carboxylic acids is 4. The molecular formula is C50H52N6O10. The fraction of sp³-hybridized carbons (Fsp3) is 0.320. The molecule has 8 rings (SSSR count). The molecule has 1 saturated heterocycles. The predicted molar refractivity (Wildman–Crippen MR) is 239 cm³/mol. The van der Waals surface area contributed by atoms with E-state index in [1.807, 2.05) is 104 Å². The van der Waals surface area contributed by atoms with Crippen LogP contribution in [-0.2, 0) is 58.1 Å². The van der Waals surface area contributed by atoms with Crippen molar-refractivity contribution in [2.45, 2.75) is 89.1 Å². The van der Waals surface area contributed by atoms with E-state index in [2.05, 4.69) is 20.6 Å². The maximum Gasteiger partial charge on any atom is 0.255 e. The van der Waals surface area contributed by atoms with Crippen LogP contribution in [0.15, 0.2) is 118 Å². The summed E-state index contributed by atoms with van der Waals surface area (Å²) in [6, 6.07) is 30.8. The first kappa shape index (κ1) is 45.6. The van der Waals surface area contributed by atoms with Crippen molar-refractivity contribution in [2.75, 3.05) is 13.1 Å². The Balaban J connectivity index is 0.823. The number of nitrogens with one attached hydrogen (secondary N) is 2. The number of hydrogen-bond acceptors (Lipinski definition) is 12. The summed E-state index contributed by atoms with van der Waals surface area (Å²) in [5.74, 6) is -2.97. The van der Waals surface area contributed by atoms with Gasteiger partial charge in [-0.25, -0.2) is 9.97 Å². The van der Waals surface area contributed by atoms with Crippen molar-refractivity contribution in [1.82, 2.24) is 30.4 Å². The molecule has 66 heavy (non-hydrogen) atoms. The number of likely N-dealkylation sites (tertiary alicyclic amines) is 1. The van der Waals surface area contributed by atoms with Gasteiger partial charge >= 0.3 is 0 Å². The number of amides is 4. The number of nitrogens with zero attached hydrogens (tertiary/aromatic N) is 4. The second-order valence-electron chi connectivity index (χ2n) is 16.8. The van der Waals surface area contributed by atoms with E-state index in [4.69, 9.17) is 8.83 Å². The van der Waals surface area contributed by atoms with Crippen LogP contribution < -0.4 is 10.6 Å². The number of aliphatic hydroxyl groups excluding tert-OH is 4. The molecule has 0 aliphatic carbocycles. The summed E-state index contributed by atoms with van der Waals surface area (Å²) in [5, 5.41) is 48.0. The fourth-order valence-corrected chi connectivity index (χ4v) is 8.48. The molecule has 0 radical (unpaired) electrons. The number of rotatable bonds is 16. The van der Waals surface area contributed by atoms with E-state index >= 15 is 0 Å². The molecule has 2 aliphatic heterocycles. The van der Waals surface area contributed by atoms with Gasteiger partial charge in [-0.05, 0) is 76.8 Å². The number of oxazole rings is 2. The normalized spacial score (nSPS) is 16.5. The van der Waals surface area contributed by atoms with Crippen LogP contribution >= 0.6 is 0 Å². The van der Waals surface area contributed by atoms with E-state index < -0.39 is 48.0 Å². The predicted octanol–water partition coefficient (Wildman–Crippen LogP) is 3.44. The zero-order valence-electron chi connectivity index (χ0n) is 36.4. The molecule has 0 saturated carbocycles. The number of fused-ring (bicyclic) bond motifs is 1. The summed E-state index contributed by atoms with van der Waals surface area (Å²) >= 11 is 0. The first-order valence-corrected chi connectivity index (χ1v) is 22.0. The Morgan fingerprint density at radius 3 is 1.95 bits per heavy atom. The lowest BCUT2D eigenvalue weighted by molar-refractivity contribution is -0.154. The van der Waals surface area contributed by atoms with Crippen LogP contribution in [0.5, 0.6) is 0 Å². The molecule has 16 heteroatoms. The number of carbonyl (C=O) groups is 4. The highest BCUT2D eigenvalue weighted by molar-refractivity contribution is 5.91. The second kappa shape index (κ2) is 20.5. The third-order valence-electron chi connectivity index (χ3n) is 12.2. The standard InChI is InChI=1S/C50H52N6O10/c1-30-8-5-6-11-35(30)24-39-29-66-42(54-39)26-52-48(62)44(58)46(60)50(64)56-20-7-12-40(56)34-16-13-32(14-17-34)36-18-15-33-19-21-55(27-37(33)23-36)49(63)45(59)43(57)47(61)51-25-41-53-38(28-65-41)22-31-9-3-2-4-10-31/h2-6,8-11,13-18,23,28-29,40,43-46,57-60H,7,12,19-22,24-27H2,1H3,(H,51,61)(H,52,62)/t40?,43-,44-,45-,46-/m1/s1. The molecule has 6 N–H and O–H groups in total. The van der Waals surface area contributed by atoms with Crippen molar-refractivity contribution < 1.29 is 48.4 Å². The van der Waals surface area contributed by atoms with Crippen molar-refractivity contribution in [3.8, 4) is 11.1 Å².